The number of carbonyl (C=O) groups is 1. The minimum Gasteiger partial charge on any atom is -0.317 e. The first kappa shape index (κ1) is 10.6. The van der Waals surface area contributed by atoms with Crippen LogP contribution >= 0.6 is 0 Å². The van der Waals surface area contributed by atoms with Crippen LogP contribution in [-0.2, 0) is 4.79 Å². The number of ketones is 1. The Morgan fingerprint density at radius 2 is 1.64 bits per heavy atom. The van der Waals surface area contributed by atoms with E-state index in [1.54, 1.807) is 6.92 Å². The highest BCUT2D eigenvalue weighted by Gasteiger charge is 1.95. The molecule has 0 aromatic carbocycles. The zero-order valence-corrected chi connectivity index (χ0v) is 7.81. The Labute approximate surface area is 69.4 Å². The lowest BCUT2D eigenvalue weighted by Crippen LogP contribution is -2.03. The lowest BCUT2D eigenvalue weighted by molar-refractivity contribution is -0.119. The molecule has 1 N–H and O–H groups in total. The molecule has 0 aliphatic carbocycles. The molecule has 1 rings (SSSR count). The Morgan fingerprint density at radius 1 is 1.27 bits per heavy atom. The summed E-state index contributed by atoms with van der Waals surface area (Å²) in [6.45, 7) is 7.88. The second kappa shape index (κ2) is 6.35. The third-order valence-corrected chi connectivity index (χ3v) is 1.77. The van der Waals surface area contributed by atoms with Crippen molar-refractivity contribution in [2.75, 3.05) is 13.1 Å². The van der Waals surface area contributed by atoms with Crippen molar-refractivity contribution < 1.29 is 4.79 Å². The van der Waals surface area contributed by atoms with Crippen molar-refractivity contribution >= 4 is 5.78 Å². The first-order valence-corrected chi connectivity index (χ1v) is 4.35. The molecule has 2 heteroatoms. The van der Waals surface area contributed by atoms with Crippen molar-refractivity contribution in [3.05, 3.63) is 0 Å². The number of carbonyl (C=O) groups excluding carboxylic acids is 1. The summed E-state index contributed by atoms with van der Waals surface area (Å²) < 4.78 is 0. The summed E-state index contributed by atoms with van der Waals surface area (Å²) in [5.74, 6) is 0.472. The van der Waals surface area contributed by atoms with Gasteiger partial charge in [-0.3, -0.25) is 4.79 Å². The Morgan fingerprint density at radius 3 is 1.73 bits per heavy atom. The number of nitrogens with one attached hydrogen (secondary N) is 1. The van der Waals surface area contributed by atoms with Gasteiger partial charge in [-0.05, 0) is 32.9 Å². The van der Waals surface area contributed by atoms with Gasteiger partial charge in [-0.1, -0.05) is 13.8 Å². The van der Waals surface area contributed by atoms with Crippen molar-refractivity contribution in [1.82, 2.24) is 5.32 Å². The SMILES string of the molecule is C1CCNC1.CC(=O)C(C)C. The van der Waals surface area contributed by atoms with Crippen LogP contribution in [0.4, 0.5) is 0 Å². The van der Waals surface area contributed by atoms with Crippen LogP contribution in [0.2, 0.25) is 0 Å². The summed E-state index contributed by atoms with van der Waals surface area (Å²) in [6.07, 6.45) is 2.78. The van der Waals surface area contributed by atoms with Crippen LogP contribution in [0.25, 0.3) is 0 Å². The van der Waals surface area contributed by atoms with E-state index in [1.807, 2.05) is 13.8 Å². The Kier molecular flexibility index (Phi) is 6.13. The maximum absolute atomic E-state index is 10.1. The van der Waals surface area contributed by atoms with E-state index in [0.29, 0.717) is 0 Å². The molecule has 0 unspecified atom stereocenters. The van der Waals surface area contributed by atoms with E-state index in [0.717, 1.165) is 0 Å². The molecular formula is C9H19NO. The Balaban J connectivity index is 0.000000183. The molecule has 1 aliphatic heterocycles. The lowest BCUT2D eigenvalue weighted by atomic mass is 10.1. The van der Waals surface area contributed by atoms with Crippen LogP contribution < -0.4 is 5.32 Å². The van der Waals surface area contributed by atoms with Gasteiger partial charge in [0.05, 0.1) is 0 Å². The van der Waals surface area contributed by atoms with Gasteiger partial charge in [0.2, 0.25) is 0 Å². The van der Waals surface area contributed by atoms with Gasteiger partial charge in [0.15, 0.2) is 0 Å². The topological polar surface area (TPSA) is 29.1 Å². The molecule has 0 amide bonds. The van der Waals surface area contributed by atoms with Crippen LogP contribution in [0.3, 0.4) is 0 Å². The van der Waals surface area contributed by atoms with Crippen LogP contribution in [-0.4, -0.2) is 18.9 Å². The predicted octanol–water partition coefficient (Wildman–Crippen LogP) is 1.60. The standard InChI is InChI=1S/C5H10O.C4H9N/c1-4(2)5(3)6;1-2-4-5-3-1/h4H,1-3H3;5H,1-4H2. The van der Waals surface area contributed by atoms with Gasteiger partial charge in [0, 0.05) is 5.92 Å². The molecule has 1 saturated heterocycles. The van der Waals surface area contributed by atoms with Crippen LogP contribution in [0.5, 0.6) is 0 Å². The van der Waals surface area contributed by atoms with Gasteiger partial charge >= 0.3 is 0 Å². The van der Waals surface area contributed by atoms with E-state index in [-0.39, 0.29) is 11.7 Å². The third kappa shape index (κ3) is 7.53. The van der Waals surface area contributed by atoms with Crippen molar-refractivity contribution in [1.29, 1.82) is 0 Å². The molecule has 0 spiro atoms. The summed E-state index contributed by atoms with van der Waals surface area (Å²) in [7, 11) is 0. The minimum atomic E-state index is 0.213. The van der Waals surface area contributed by atoms with E-state index >= 15 is 0 Å². The summed E-state index contributed by atoms with van der Waals surface area (Å²) in [5, 5.41) is 3.22. The van der Waals surface area contributed by atoms with Crippen molar-refractivity contribution in [2.24, 2.45) is 5.92 Å². The number of rotatable bonds is 1. The monoisotopic (exact) mass is 157 g/mol. The van der Waals surface area contributed by atoms with Crippen LogP contribution in [0.15, 0.2) is 0 Å². The second-order valence-corrected chi connectivity index (χ2v) is 3.22. The van der Waals surface area contributed by atoms with E-state index in [9.17, 15) is 4.79 Å². The molecule has 0 saturated carbocycles. The van der Waals surface area contributed by atoms with Gasteiger partial charge in [-0.2, -0.15) is 0 Å². The summed E-state index contributed by atoms with van der Waals surface area (Å²) in [4.78, 5) is 10.1. The van der Waals surface area contributed by atoms with Crippen LogP contribution in [0.1, 0.15) is 33.6 Å². The van der Waals surface area contributed by atoms with Gasteiger partial charge in [0.25, 0.3) is 0 Å². The molecule has 1 heterocycles. The fourth-order valence-corrected chi connectivity index (χ4v) is 0.625. The second-order valence-electron chi connectivity index (χ2n) is 3.22. The van der Waals surface area contributed by atoms with E-state index in [1.165, 1.54) is 25.9 Å². The summed E-state index contributed by atoms with van der Waals surface area (Å²) in [5.41, 5.74) is 0. The Hall–Kier alpha value is -0.370. The highest BCUT2D eigenvalue weighted by molar-refractivity contribution is 5.77. The van der Waals surface area contributed by atoms with Gasteiger partial charge < -0.3 is 5.32 Å². The average Bonchev–Trinajstić information content (AvgIpc) is 2.41. The zero-order chi connectivity index (χ0) is 8.69. The third-order valence-electron chi connectivity index (χ3n) is 1.77. The number of hydrogen-bond donors (Lipinski definition) is 1. The molecule has 1 aliphatic rings. The lowest BCUT2D eigenvalue weighted by Gasteiger charge is -1.90. The van der Waals surface area contributed by atoms with Crippen LogP contribution in [0, 0.1) is 5.92 Å². The van der Waals surface area contributed by atoms with Crippen molar-refractivity contribution in [3.8, 4) is 0 Å². The fraction of sp³-hybridized carbons (Fsp3) is 0.889. The van der Waals surface area contributed by atoms with E-state index in [4.69, 9.17) is 0 Å². The maximum atomic E-state index is 10.1. The zero-order valence-electron chi connectivity index (χ0n) is 7.81. The van der Waals surface area contributed by atoms with Gasteiger partial charge in [-0.15, -0.1) is 0 Å². The van der Waals surface area contributed by atoms with E-state index in [2.05, 4.69) is 5.32 Å². The molecule has 0 aromatic rings. The minimum absolute atomic E-state index is 0.213. The molecule has 0 radical (unpaired) electrons. The average molecular weight is 157 g/mol. The van der Waals surface area contributed by atoms with Crippen molar-refractivity contribution in [2.45, 2.75) is 33.6 Å². The van der Waals surface area contributed by atoms with Gasteiger partial charge in [0.1, 0.15) is 5.78 Å². The highest BCUT2D eigenvalue weighted by Crippen LogP contribution is 1.90. The Bertz CT molecular complexity index is 98.5. The molecule has 66 valence electrons. The molecule has 1 fully saturated rings. The molecule has 11 heavy (non-hydrogen) atoms. The molecule has 0 atom stereocenters. The maximum Gasteiger partial charge on any atom is 0.132 e. The van der Waals surface area contributed by atoms with Crippen molar-refractivity contribution in [3.63, 3.8) is 0 Å². The first-order valence-electron chi connectivity index (χ1n) is 4.35. The highest BCUT2D eigenvalue weighted by atomic mass is 16.1. The smallest absolute Gasteiger partial charge is 0.132 e. The van der Waals surface area contributed by atoms with Gasteiger partial charge in [-0.25, -0.2) is 0 Å². The molecular weight excluding hydrogens is 138 g/mol. The first-order chi connectivity index (χ1) is 5.14. The summed E-state index contributed by atoms with van der Waals surface area (Å²) >= 11 is 0. The quantitative estimate of drug-likeness (QED) is 0.626. The molecule has 0 aromatic heterocycles. The predicted molar refractivity (Wildman–Crippen MR) is 47.6 cm³/mol. The normalized spacial score (nSPS) is 16.0. The summed E-state index contributed by atoms with van der Waals surface area (Å²) in [6, 6.07) is 0. The van der Waals surface area contributed by atoms with E-state index < -0.39 is 0 Å². The molecule has 0 bridgehead atoms. The number of hydrogen-bond acceptors (Lipinski definition) is 2. The fourth-order valence-electron chi connectivity index (χ4n) is 0.625. The molecule has 2 nitrogen and oxygen atoms in total. The largest absolute Gasteiger partial charge is 0.317 e. The number of Topliss-reactive ketones (excluding diaryl/α,β-unsaturated/α-hetero) is 1.